The Bertz CT molecular complexity index is 1100. The summed E-state index contributed by atoms with van der Waals surface area (Å²) in [4.78, 5) is 47.7. The van der Waals surface area contributed by atoms with E-state index < -0.39 is 41.6 Å². The molecule has 1 N–H and O–H groups in total. The molecule has 168 valence electrons. The molecule has 2 unspecified atom stereocenters. The third-order valence-corrected chi connectivity index (χ3v) is 4.42. The van der Waals surface area contributed by atoms with Crippen LogP contribution in [-0.2, 0) is 19.1 Å². The summed E-state index contributed by atoms with van der Waals surface area (Å²) in [5.74, 6) is -3.01. The van der Waals surface area contributed by atoms with Crippen LogP contribution in [-0.4, -0.2) is 42.0 Å². The van der Waals surface area contributed by atoms with Crippen LogP contribution in [0.3, 0.4) is 0 Å². The number of rotatable bonds is 5. The van der Waals surface area contributed by atoms with Gasteiger partial charge in [0.15, 0.2) is 17.6 Å². The fourth-order valence-corrected chi connectivity index (χ4v) is 3.23. The normalized spacial score (nSPS) is 16.9. The lowest BCUT2D eigenvalue weighted by Crippen LogP contribution is -2.39. The molecule has 0 amide bonds. The van der Waals surface area contributed by atoms with Gasteiger partial charge in [0.1, 0.15) is 22.8 Å². The Morgan fingerprint density at radius 2 is 1.59 bits per heavy atom. The molecule has 10 nitrogen and oxygen atoms in total. The van der Waals surface area contributed by atoms with Gasteiger partial charge in [0, 0.05) is 38.5 Å². The quantitative estimate of drug-likeness (QED) is 0.541. The maximum absolute atomic E-state index is 13.1. The highest BCUT2D eigenvalue weighted by Crippen LogP contribution is 2.44. The van der Waals surface area contributed by atoms with Gasteiger partial charge >= 0.3 is 17.9 Å². The maximum Gasteiger partial charge on any atom is 0.308 e. The van der Waals surface area contributed by atoms with Crippen molar-refractivity contribution in [2.45, 2.75) is 33.0 Å². The van der Waals surface area contributed by atoms with Crippen molar-refractivity contribution < 1.29 is 48.0 Å². The molecule has 2 atom stereocenters. The second-order valence-electron chi connectivity index (χ2n) is 6.85. The Morgan fingerprint density at radius 1 is 0.938 bits per heavy atom. The van der Waals surface area contributed by atoms with Crippen LogP contribution in [0.1, 0.15) is 42.8 Å². The number of carbonyl (C=O) groups excluding carboxylic acids is 4. The number of ketones is 1. The lowest BCUT2D eigenvalue weighted by atomic mass is 9.92. The fraction of sp³-hybridized carbons (Fsp3) is 0.273. The molecule has 32 heavy (non-hydrogen) atoms. The van der Waals surface area contributed by atoms with E-state index in [-0.39, 0.29) is 34.1 Å². The number of hydrogen-bond acceptors (Lipinski definition) is 10. The van der Waals surface area contributed by atoms with Crippen molar-refractivity contribution in [3.05, 3.63) is 41.5 Å². The average Bonchev–Trinajstić information content (AvgIpc) is 2.69. The summed E-state index contributed by atoms with van der Waals surface area (Å²) in [7, 11) is 1.38. The smallest absolute Gasteiger partial charge is 0.308 e. The number of carbonyl (C=O) groups is 4. The second kappa shape index (κ2) is 8.96. The van der Waals surface area contributed by atoms with Crippen molar-refractivity contribution >= 4 is 23.7 Å². The zero-order chi connectivity index (χ0) is 23.6. The molecule has 1 aliphatic rings. The van der Waals surface area contributed by atoms with E-state index in [9.17, 15) is 24.3 Å². The van der Waals surface area contributed by atoms with Gasteiger partial charge in [-0.2, -0.15) is 0 Å². The Labute approximate surface area is 182 Å². The van der Waals surface area contributed by atoms with Crippen molar-refractivity contribution in [2.75, 3.05) is 7.11 Å². The predicted molar refractivity (Wildman–Crippen MR) is 107 cm³/mol. The summed E-state index contributed by atoms with van der Waals surface area (Å²) in [6.45, 7) is 3.47. The third-order valence-electron chi connectivity index (χ3n) is 4.42. The van der Waals surface area contributed by atoms with E-state index in [1.165, 1.54) is 44.4 Å². The van der Waals surface area contributed by atoms with Gasteiger partial charge in [-0.1, -0.05) is 6.07 Å². The topological polar surface area (TPSA) is 135 Å². The van der Waals surface area contributed by atoms with Crippen LogP contribution in [0.2, 0.25) is 0 Å². The molecule has 0 aliphatic carbocycles. The minimum Gasteiger partial charge on any atom is -0.507 e. The highest BCUT2D eigenvalue weighted by Gasteiger charge is 2.43. The number of phenols is 1. The minimum atomic E-state index is -1.44. The number of fused-ring (bicyclic) bond motifs is 1. The van der Waals surface area contributed by atoms with E-state index in [1.54, 1.807) is 0 Å². The number of phenolic OH excluding ortho intramolecular Hbond substituents is 1. The zero-order valence-corrected chi connectivity index (χ0v) is 17.7. The van der Waals surface area contributed by atoms with E-state index in [2.05, 4.69) is 0 Å². The van der Waals surface area contributed by atoms with Gasteiger partial charge in [-0.3, -0.25) is 19.2 Å². The van der Waals surface area contributed by atoms with E-state index in [0.717, 1.165) is 13.8 Å². The molecule has 1 aliphatic heterocycles. The molecule has 3 rings (SSSR count). The highest BCUT2D eigenvalue weighted by molar-refractivity contribution is 6.06. The van der Waals surface area contributed by atoms with Crippen molar-refractivity contribution in [3.63, 3.8) is 0 Å². The van der Waals surface area contributed by atoms with Crippen LogP contribution < -0.4 is 18.9 Å². The Hall–Kier alpha value is -4.08. The Kier molecular flexibility index (Phi) is 6.33. The maximum atomic E-state index is 13.1. The molecule has 0 fully saturated rings. The fourth-order valence-electron chi connectivity index (χ4n) is 3.23. The lowest BCUT2D eigenvalue weighted by molar-refractivity contribution is -0.149. The number of Topliss-reactive ketones (excluding diaryl/α,β-unsaturated/α-hetero) is 1. The van der Waals surface area contributed by atoms with Crippen molar-refractivity contribution in [1.82, 2.24) is 0 Å². The van der Waals surface area contributed by atoms with E-state index in [1.807, 2.05) is 0 Å². The van der Waals surface area contributed by atoms with Crippen LogP contribution >= 0.6 is 0 Å². The number of hydrogen-bond donors (Lipinski definition) is 1. The lowest BCUT2D eigenvalue weighted by Gasteiger charge is -2.32. The van der Waals surface area contributed by atoms with Gasteiger partial charge in [0.25, 0.3) is 0 Å². The SMILES string of the molecule is COc1cc(O)c2c(c1)OC(c1ccc(OC(C)=O)c(OC(C)=O)c1)C(OC(C)=O)C2=O. The minimum absolute atomic E-state index is 0.0124. The first-order valence-electron chi connectivity index (χ1n) is 9.40. The molecule has 0 radical (unpaired) electrons. The van der Waals surface area contributed by atoms with E-state index in [4.69, 9.17) is 23.7 Å². The van der Waals surface area contributed by atoms with Crippen LogP contribution in [0.15, 0.2) is 30.3 Å². The first-order chi connectivity index (χ1) is 15.1. The standard InChI is InChI=1S/C22H20O10/c1-10(23)29-16-6-5-13(7-17(16)30-11(2)24)21-22(31-12(3)25)20(27)19-15(26)8-14(28-4)9-18(19)32-21/h5-9,21-22,26H,1-4H3. The second-order valence-corrected chi connectivity index (χ2v) is 6.85. The first-order valence-corrected chi connectivity index (χ1v) is 9.40. The third kappa shape index (κ3) is 4.64. The van der Waals surface area contributed by atoms with Crippen LogP contribution in [0.4, 0.5) is 0 Å². The van der Waals surface area contributed by atoms with Gasteiger partial charge in [0.05, 0.1) is 7.11 Å². The van der Waals surface area contributed by atoms with Crippen LogP contribution in [0, 0.1) is 0 Å². The summed E-state index contributed by atoms with van der Waals surface area (Å²) in [5.41, 5.74) is 0.120. The van der Waals surface area contributed by atoms with Gasteiger partial charge in [0.2, 0.25) is 11.9 Å². The largest absolute Gasteiger partial charge is 0.507 e. The molecule has 1 heterocycles. The molecule has 2 aromatic rings. The van der Waals surface area contributed by atoms with E-state index in [0.29, 0.717) is 0 Å². The number of ether oxygens (including phenoxy) is 5. The molecule has 0 saturated heterocycles. The summed E-state index contributed by atoms with van der Waals surface area (Å²) in [5, 5.41) is 10.3. The van der Waals surface area contributed by atoms with Gasteiger partial charge in [-0.25, -0.2) is 0 Å². The molecule has 2 aromatic carbocycles. The van der Waals surface area contributed by atoms with Crippen molar-refractivity contribution in [2.24, 2.45) is 0 Å². The summed E-state index contributed by atoms with van der Waals surface area (Å²) in [6, 6.07) is 6.79. The van der Waals surface area contributed by atoms with Crippen LogP contribution in [0.25, 0.3) is 0 Å². The van der Waals surface area contributed by atoms with Gasteiger partial charge in [-0.05, 0) is 12.1 Å². The summed E-state index contributed by atoms with van der Waals surface area (Å²) >= 11 is 0. The summed E-state index contributed by atoms with van der Waals surface area (Å²) in [6.07, 6.45) is -2.60. The van der Waals surface area contributed by atoms with Gasteiger partial charge in [-0.15, -0.1) is 0 Å². The van der Waals surface area contributed by atoms with Crippen molar-refractivity contribution in [3.8, 4) is 28.7 Å². The molecule has 0 bridgehead atoms. The molecule has 0 aromatic heterocycles. The average molecular weight is 444 g/mol. The Morgan fingerprint density at radius 3 is 2.19 bits per heavy atom. The van der Waals surface area contributed by atoms with Crippen LogP contribution in [0.5, 0.6) is 28.7 Å². The van der Waals surface area contributed by atoms with E-state index >= 15 is 0 Å². The molecular weight excluding hydrogens is 424 g/mol. The molecule has 0 saturated carbocycles. The van der Waals surface area contributed by atoms with Crippen molar-refractivity contribution in [1.29, 1.82) is 0 Å². The molecule has 0 spiro atoms. The molecular formula is C22H20O10. The monoisotopic (exact) mass is 444 g/mol. The number of aromatic hydroxyl groups is 1. The molecule has 10 heteroatoms. The predicted octanol–water partition coefficient (Wildman–Crippen LogP) is 2.50. The number of benzene rings is 2. The highest BCUT2D eigenvalue weighted by atomic mass is 16.6. The number of esters is 3. The zero-order valence-electron chi connectivity index (χ0n) is 17.7. The van der Waals surface area contributed by atoms with Gasteiger partial charge < -0.3 is 28.8 Å². The number of methoxy groups -OCH3 is 1. The summed E-state index contributed by atoms with van der Waals surface area (Å²) < 4.78 is 26.4. The Balaban J connectivity index is 2.12. The first kappa shape index (κ1) is 22.6.